The third kappa shape index (κ3) is 5.62. The van der Waals surface area contributed by atoms with Crippen molar-refractivity contribution in [2.75, 3.05) is 51.3 Å². The molecule has 30 heavy (non-hydrogen) atoms. The van der Waals surface area contributed by atoms with Crippen LogP contribution >= 0.6 is 23.2 Å². The summed E-state index contributed by atoms with van der Waals surface area (Å²) in [6.45, 7) is 3.57. The van der Waals surface area contributed by atoms with E-state index in [0.29, 0.717) is 60.5 Å². The molecule has 0 bridgehead atoms. The number of ether oxygens (including phenoxy) is 1. The van der Waals surface area contributed by atoms with Crippen LogP contribution in [0.4, 0.5) is 5.82 Å². The SMILES string of the molecule is COCCCNC(=O)c1ccc(N2CCN(C(=O)c3ccc(Cl)cc3Cl)CC2)nc1. The molecular formula is C21H24Cl2N4O3. The van der Waals surface area contributed by atoms with Gasteiger partial charge in [-0.15, -0.1) is 0 Å². The average molecular weight is 451 g/mol. The van der Waals surface area contributed by atoms with Crippen molar-refractivity contribution in [3.05, 3.63) is 57.7 Å². The molecule has 9 heteroatoms. The van der Waals surface area contributed by atoms with E-state index < -0.39 is 0 Å². The van der Waals surface area contributed by atoms with Crippen LogP contribution in [0.15, 0.2) is 36.5 Å². The van der Waals surface area contributed by atoms with Gasteiger partial charge in [0.05, 0.1) is 16.1 Å². The smallest absolute Gasteiger partial charge is 0.255 e. The van der Waals surface area contributed by atoms with E-state index in [9.17, 15) is 9.59 Å². The second-order valence-electron chi connectivity index (χ2n) is 6.91. The zero-order valence-electron chi connectivity index (χ0n) is 16.7. The number of nitrogens with zero attached hydrogens (tertiary/aromatic N) is 3. The molecule has 7 nitrogen and oxygen atoms in total. The molecule has 0 saturated carbocycles. The fraction of sp³-hybridized carbons (Fsp3) is 0.381. The van der Waals surface area contributed by atoms with Crippen LogP contribution in [0.2, 0.25) is 10.0 Å². The van der Waals surface area contributed by atoms with E-state index >= 15 is 0 Å². The number of benzene rings is 1. The lowest BCUT2D eigenvalue weighted by Gasteiger charge is -2.35. The standard InChI is InChI=1S/C21H24Cl2N4O3/c1-30-12-2-7-24-20(28)15-3-6-19(25-14-15)26-8-10-27(11-9-26)21(29)17-5-4-16(22)13-18(17)23/h3-6,13-14H,2,7-12H2,1H3,(H,24,28). The van der Waals surface area contributed by atoms with Crippen LogP contribution in [0.5, 0.6) is 0 Å². The van der Waals surface area contributed by atoms with Crippen LogP contribution in [-0.2, 0) is 4.74 Å². The van der Waals surface area contributed by atoms with Crippen LogP contribution in [-0.4, -0.2) is 68.1 Å². The van der Waals surface area contributed by atoms with E-state index in [1.165, 1.54) is 0 Å². The summed E-state index contributed by atoms with van der Waals surface area (Å²) < 4.78 is 4.96. The van der Waals surface area contributed by atoms with E-state index in [-0.39, 0.29) is 11.8 Å². The number of piperazine rings is 1. The molecule has 0 radical (unpaired) electrons. The third-order valence-electron chi connectivity index (χ3n) is 4.87. The molecule has 1 N–H and O–H groups in total. The highest BCUT2D eigenvalue weighted by Crippen LogP contribution is 2.23. The highest BCUT2D eigenvalue weighted by molar-refractivity contribution is 6.36. The first-order chi connectivity index (χ1) is 14.5. The number of nitrogens with one attached hydrogen (secondary N) is 1. The molecule has 1 aliphatic rings. The molecule has 2 amide bonds. The summed E-state index contributed by atoms with van der Waals surface area (Å²) in [5, 5.41) is 3.69. The predicted molar refractivity (Wildman–Crippen MR) is 118 cm³/mol. The van der Waals surface area contributed by atoms with Gasteiger partial charge in [-0.2, -0.15) is 0 Å². The van der Waals surface area contributed by atoms with Crippen molar-refractivity contribution in [2.24, 2.45) is 0 Å². The monoisotopic (exact) mass is 450 g/mol. The Kier molecular flexibility index (Phi) is 7.90. The minimum absolute atomic E-state index is 0.107. The topological polar surface area (TPSA) is 74.8 Å². The highest BCUT2D eigenvalue weighted by Gasteiger charge is 2.24. The number of carbonyl (C=O) groups is 2. The largest absolute Gasteiger partial charge is 0.385 e. The van der Waals surface area contributed by atoms with Crippen molar-refractivity contribution in [3.8, 4) is 0 Å². The Labute approximate surface area is 185 Å². The number of hydrogen-bond acceptors (Lipinski definition) is 5. The van der Waals surface area contributed by atoms with Gasteiger partial charge in [0, 0.05) is 57.7 Å². The van der Waals surface area contributed by atoms with Crippen molar-refractivity contribution in [1.29, 1.82) is 0 Å². The number of anilines is 1. The summed E-state index contributed by atoms with van der Waals surface area (Å²) >= 11 is 12.1. The second kappa shape index (κ2) is 10.6. The lowest BCUT2D eigenvalue weighted by Crippen LogP contribution is -2.49. The van der Waals surface area contributed by atoms with Gasteiger partial charge < -0.3 is 19.9 Å². The number of amides is 2. The summed E-state index contributed by atoms with van der Waals surface area (Å²) in [6, 6.07) is 8.48. The minimum atomic E-state index is -0.152. The van der Waals surface area contributed by atoms with Crippen molar-refractivity contribution >= 4 is 40.8 Å². The molecule has 2 heterocycles. The molecular weight excluding hydrogens is 427 g/mol. The lowest BCUT2D eigenvalue weighted by molar-refractivity contribution is 0.0746. The Bertz CT molecular complexity index is 884. The maximum Gasteiger partial charge on any atom is 0.255 e. The number of rotatable bonds is 7. The summed E-state index contributed by atoms with van der Waals surface area (Å²) in [4.78, 5) is 33.1. The number of carbonyl (C=O) groups excluding carboxylic acids is 2. The fourth-order valence-corrected chi connectivity index (χ4v) is 3.69. The summed E-state index contributed by atoms with van der Waals surface area (Å²) in [6.07, 6.45) is 2.34. The molecule has 0 unspecified atom stereocenters. The molecule has 3 rings (SSSR count). The van der Waals surface area contributed by atoms with E-state index in [1.54, 1.807) is 42.5 Å². The van der Waals surface area contributed by atoms with Crippen molar-refractivity contribution < 1.29 is 14.3 Å². The number of aromatic nitrogens is 1. The maximum atomic E-state index is 12.7. The minimum Gasteiger partial charge on any atom is -0.385 e. The number of methoxy groups -OCH3 is 1. The Morgan fingerprint density at radius 1 is 1.13 bits per heavy atom. The van der Waals surface area contributed by atoms with Crippen molar-refractivity contribution in [1.82, 2.24) is 15.2 Å². The molecule has 160 valence electrons. The third-order valence-corrected chi connectivity index (χ3v) is 5.42. The molecule has 1 aromatic heterocycles. The van der Waals surface area contributed by atoms with Crippen LogP contribution in [0.25, 0.3) is 0 Å². The normalized spacial score (nSPS) is 14.0. The summed E-state index contributed by atoms with van der Waals surface area (Å²) in [7, 11) is 1.63. The van der Waals surface area contributed by atoms with Crippen LogP contribution in [0, 0.1) is 0 Å². The zero-order valence-corrected chi connectivity index (χ0v) is 18.2. The van der Waals surface area contributed by atoms with Gasteiger partial charge in [0.25, 0.3) is 11.8 Å². The van der Waals surface area contributed by atoms with E-state index in [4.69, 9.17) is 27.9 Å². The van der Waals surface area contributed by atoms with Crippen molar-refractivity contribution in [3.63, 3.8) is 0 Å². The first-order valence-electron chi connectivity index (χ1n) is 9.72. The highest BCUT2D eigenvalue weighted by atomic mass is 35.5. The summed E-state index contributed by atoms with van der Waals surface area (Å²) in [5.74, 6) is 0.521. The van der Waals surface area contributed by atoms with Gasteiger partial charge in [0.15, 0.2) is 0 Å². The van der Waals surface area contributed by atoms with Crippen LogP contribution in [0.1, 0.15) is 27.1 Å². The lowest BCUT2D eigenvalue weighted by atomic mass is 10.1. The van der Waals surface area contributed by atoms with Crippen LogP contribution in [0.3, 0.4) is 0 Å². The van der Waals surface area contributed by atoms with Gasteiger partial charge in [-0.3, -0.25) is 9.59 Å². The van der Waals surface area contributed by atoms with Gasteiger partial charge in [-0.05, 0) is 36.8 Å². The van der Waals surface area contributed by atoms with Crippen molar-refractivity contribution in [2.45, 2.75) is 6.42 Å². The van der Waals surface area contributed by atoms with E-state index in [2.05, 4.69) is 15.2 Å². The molecule has 1 aromatic carbocycles. The Hall–Kier alpha value is -2.35. The second-order valence-corrected chi connectivity index (χ2v) is 7.75. The molecule has 2 aromatic rings. The Balaban J connectivity index is 1.53. The first-order valence-corrected chi connectivity index (χ1v) is 10.5. The molecule has 0 spiro atoms. The van der Waals surface area contributed by atoms with Gasteiger partial charge >= 0.3 is 0 Å². The first kappa shape index (κ1) is 22.3. The maximum absolute atomic E-state index is 12.7. The Morgan fingerprint density at radius 2 is 1.90 bits per heavy atom. The quantitative estimate of drug-likeness (QED) is 0.655. The number of hydrogen-bond donors (Lipinski definition) is 1. The number of halogens is 2. The molecule has 0 aliphatic carbocycles. The van der Waals surface area contributed by atoms with Gasteiger partial charge in [0.2, 0.25) is 0 Å². The van der Waals surface area contributed by atoms with E-state index in [1.807, 2.05) is 6.07 Å². The molecule has 1 saturated heterocycles. The average Bonchev–Trinajstić information content (AvgIpc) is 2.76. The van der Waals surface area contributed by atoms with Gasteiger partial charge in [-0.1, -0.05) is 23.2 Å². The van der Waals surface area contributed by atoms with Gasteiger partial charge in [0.1, 0.15) is 5.82 Å². The summed E-state index contributed by atoms with van der Waals surface area (Å²) in [5.41, 5.74) is 0.968. The molecule has 1 aliphatic heterocycles. The Morgan fingerprint density at radius 3 is 2.53 bits per heavy atom. The molecule has 1 fully saturated rings. The fourth-order valence-electron chi connectivity index (χ4n) is 3.20. The molecule has 0 atom stereocenters. The zero-order chi connectivity index (χ0) is 21.5. The van der Waals surface area contributed by atoms with Gasteiger partial charge in [-0.25, -0.2) is 4.98 Å². The van der Waals surface area contributed by atoms with Crippen LogP contribution < -0.4 is 10.2 Å². The number of pyridine rings is 1. The van der Waals surface area contributed by atoms with E-state index in [0.717, 1.165) is 12.2 Å². The predicted octanol–water partition coefficient (Wildman–Crippen LogP) is 3.12.